The van der Waals surface area contributed by atoms with E-state index in [1.165, 1.54) is 12.8 Å². The van der Waals surface area contributed by atoms with Crippen LogP contribution < -0.4 is 15.4 Å². The van der Waals surface area contributed by atoms with Crippen LogP contribution in [-0.4, -0.2) is 44.4 Å². The van der Waals surface area contributed by atoms with Crippen molar-refractivity contribution in [1.82, 2.24) is 15.6 Å². The lowest BCUT2D eigenvalue weighted by atomic mass is 10.2. The molecule has 0 saturated heterocycles. The fraction of sp³-hybridized carbons (Fsp3) is 0.647. The molecular formula is C17H28N4O2. The number of aliphatic imine (C=N–C) groups is 1. The smallest absolute Gasteiger partial charge is 0.213 e. The molecule has 1 aliphatic rings. The van der Waals surface area contributed by atoms with Gasteiger partial charge in [0.2, 0.25) is 5.88 Å². The Hall–Kier alpha value is -1.82. The number of rotatable bonds is 10. The Kier molecular flexibility index (Phi) is 7.66. The number of hydrogen-bond acceptors (Lipinski definition) is 4. The Balaban J connectivity index is 1.69. The maximum Gasteiger partial charge on any atom is 0.213 e. The van der Waals surface area contributed by atoms with Crippen molar-refractivity contribution in [2.75, 3.05) is 33.4 Å². The molecule has 23 heavy (non-hydrogen) atoms. The SMILES string of the molecule is CCOCCCNC(=NC)NCc1ccnc(OCC2CC2)c1. The molecule has 0 atom stereocenters. The van der Waals surface area contributed by atoms with E-state index >= 15 is 0 Å². The van der Waals surface area contributed by atoms with Crippen LogP contribution in [0.15, 0.2) is 23.3 Å². The van der Waals surface area contributed by atoms with E-state index in [0.29, 0.717) is 12.4 Å². The molecule has 0 amide bonds. The normalized spacial score (nSPS) is 14.6. The molecule has 0 spiro atoms. The van der Waals surface area contributed by atoms with Crippen LogP contribution in [0.25, 0.3) is 0 Å². The van der Waals surface area contributed by atoms with Gasteiger partial charge in [0, 0.05) is 45.6 Å². The highest BCUT2D eigenvalue weighted by atomic mass is 16.5. The molecule has 1 saturated carbocycles. The van der Waals surface area contributed by atoms with Crippen molar-refractivity contribution < 1.29 is 9.47 Å². The maximum absolute atomic E-state index is 5.71. The second-order valence-corrected chi connectivity index (χ2v) is 5.66. The predicted molar refractivity (Wildman–Crippen MR) is 91.8 cm³/mol. The summed E-state index contributed by atoms with van der Waals surface area (Å²) in [6.07, 6.45) is 5.32. The van der Waals surface area contributed by atoms with Crippen LogP contribution in [0.1, 0.15) is 31.7 Å². The van der Waals surface area contributed by atoms with Crippen LogP contribution in [0.2, 0.25) is 0 Å². The summed E-state index contributed by atoms with van der Waals surface area (Å²) in [6, 6.07) is 3.97. The Morgan fingerprint density at radius 3 is 3.00 bits per heavy atom. The van der Waals surface area contributed by atoms with Crippen molar-refractivity contribution in [2.45, 2.75) is 32.7 Å². The standard InChI is InChI=1S/C17H28N4O2/c1-3-22-10-4-8-20-17(18-2)21-12-15-7-9-19-16(11-15)23-13-14-5-6-14/h7,9,11,14H,3-6,8,10,12-13H2,1-2H3,(H2,18,20,21). The molecule has 1 aliphatic carbocycles. The fourth-order valence-electron chi connectivity index (χ4n) is 2.06. The van der Waals surface area contributed by atoms with E-state index in [2.05, 4.69) is 20.6 Å². The number of pyridine rings is 1. The van der Waals surface area contributed by atoms with E-state index in [0.717, 1.165) is 50.2 Å². The quantitative estimate of drug-likeness (QED) is 0.392. The van der Waals surface area contributed by atoms with Crippen LogP contribution in [-0.2, 0) is 11.3 Å². The molecule has 0 aliphatic heterocycles. The number of nitrogens with zero attached hydrogens (tertiary/aromatic N) is 2. The maximum atomic E-state index is 5.71. The minimum Gasteiger partial charge on any atom is -0.477 e. The summed E-state index contributed by atoms with van der Waals surface area (Å²) in [4.78, 5) is 8.47. The van der Waals surface area contributed by atoms with Gasteiger partial charge in [-0.15, -0.1) is 0 Å². The summed E-state index contributed by atoms with van der Waals surface area (Å²) < 4.78 is 11.0. The van der Waals surface area contributed by atoms with E-state index < -0.39 is 0 Å². The zero-order valence-electron chi connectivity index (χ0n) is 14.2. The van der Waals surface area contributed by atoms with Crippen LogP contribution in [0.3, 0.4) is 0 Å². The number of ether oxygens (including phenoxy) is 2. The lowest BCUT2D eigenvalue weighted by Crippen LogP contribution is -2.37. The van der Waals surface area contributed by atoms with E-state index in [1.807, 2.05) is 19.1 Å². The van der Waals surface area contributed by atoms with Crippen LogP contribution in [0.4, 0.5) is 0 Å². The van der Waals surface area contributed by atoms with Gasteiger partial charge < -0.3 is 20.1 Å². The summed E-state index contributed by atoms with van der Waals surface area (Å²) in [6.45, 7) is 5.85. The molecule has 6 heteroatoms. The molecule has 1 fully saturated rings. The van der Waals surface area contributed by atoms with Crippen molar-refractivity contribution in [3.63, 3.8) is 0 Å². The minimum atomic E-state index is 0.688. The molecule has 6 nitrogen and oxygen atoms in total. The highest BCUT2D eigenvalue weighted by Gasteiger charge is 2.22. The average molecular weight is 320 g/mol. The van der Waals surface area contributed by atoms with E-state index in [9.17, 15) is 0 Å². The fourth-order valence-corrected chi connectivity index (χ4v) is 2.06. The molecule has 0 unspecified atom stereocenters. The Morgan fingerprint density at radius 1 is 1.39 bits per heavy atom. The Morgan fingerprint density at radius 2 is 2.26 bits per heavy atom. The largest absolute Gasteiger partial charge is 0.477 e. The number of nitrogens with one attached hydrogen (secondary N) is 2. The molecule has 128 valence electrons. The topological polar surface area (TPSA) is 67.8 Å². The van der Waals surface area contributed by atoms with Crippen molar-refractivity contribution in [3.8, 4) is 5.88 Å². The minimum absolute atomic E-state index is 0.688. The molecule has 1 aromatic heterocycles. The summed E-state index contributed by atoms with van der Waals surface area (Å²) >= 11 is 0. The second kappa shape index (κ2) is 10.0. The summed E-state index contributed by atoms with van der Waals surface area (Å²) in [5, 5.41) is 6.57. The third kappa shape index (κ3) is 7.32. The molecule has 1 heterocycles. The second-order valence-electron chi connectivity index (χ2n) is 5.66. The van der Waals surface area contributed by atoms with Gasteiger partial charge in [-0.2, -0.15) is 0 Å². The summed E-state index contributed by atoms with van der Waals surface area (Å²) in [7, 11) is 1.77. The van der Waals surface area contributed by atoms with E-state index in [-0.39, 0.29) is 0 Å². The van der Waals surface area contributed by atoms with Crippen molar-refractivity contribution in [2.24, 2.45) is 10.9 Å². The number of aromatic nitrogens is 1. The molecule has 0 radical (unpaired) electrons. The predicted octanol–water partition coefficient (Wildman–Crippen LogP) is 1.96. The van der Waals surface area contributed by atoms with Gasteiger partial charge in [-0.05, 0) is 43.7 Å². The van der Waals surface area contributed by atoms with Crippen molar-refractivity contribution in [1.29, 1.82) is 0 Å². The lowest BCUT2D eigenvalue weighted by molar-refractivity contribution is 0.145. The van der Waals surface area contributed by atoms with E-state index in [1.54, 1.807) is 13.2 Å². The first-order chi connectivity index (χ1) is 11.3. The third-order valence-corrected chi connectivity index (χ3v) is 3.61. The molecule has 2 N–H and O–H groups in total. The molecule has 0 aromatic carbocycles. The first-order valence-electron chi connectivity index (χ1n) is 8.41. The van der Waals surface area contributed by atoms with Gasteiger partial charge in [0.15, 0.2) is 5.96 Å². The first-order valence-corrected chi connectivity index (χ1v) is 8.41. The molecule has 0 bridgehead atoms. The zero-order valence-corrected chi connectivity index (χ0v) is 14.2. The van der Waals surface area contributed by atoms with Gasteiger partial charge in [-0.25, -0.2) is 4.98 Å². The highest BCUT2D eigenvalue weighted by molar-refractivity contribution is 5.79. The van der Waals surface area contributed by atoms with Gasteiger partial charge >= 0.3 is 0 Å². The average Bonchev–Trinajstić information content (AvgIpc) is 3.40. The number of guanidine groups is 1. The van der Waals surface area contributed by atoms with Crippen molar-refractivity contribution in [3.05, 3.63) is 23.9 Å². The monoisotopic (exact) mass is 320 g/mol. The van der Waals surface area contributed by atoms with Gasteiger partial charge in [0.1, 0.15) is 0 Å². The van der Waals surface area contributed by atoms with Crippen molar-refractivity contribution >= 4 is 5.96 Å². The molecule has 2 rings (SSSR count). The van der Waals surface area contributed by atoms with E-state index in [4.69, 9.17) is 9.47 Å². The van der Waals surface area contributed by atoms with Crippen LogP contribution in [0.5, 0.6) is 5.88 Å². The molecule has 1 aromatic rings. The highest BCUT2D eigenvalue weighted by Crippen LogP contribution is 2.29. The molecular weight excluding hydrogens is 292 g/mol. The van der Waals surface area contributed by atoms with Gasteiger partial charge in [-0.3, -0.25) is 4.99 Å². The van der Waals surface area contributed by atoms with Crippen LogP contribution in [0, 0.1) is 5.92 Å². The zero-order chi connectivity index (χ0) is 16.3. The summed E-state index contributed by atoms with van der Waals surface area (Å²) in [5.41, 5.74) is 1.13. The van der Waals surface area contributed by atoms with Gasteiger partial charge in [0.05, 0.1) is 6.61 Å². The lowest BCUT2D eigenvalue weighted by Gasteiger charge is -2.12. The Labute approximate surface area is 138 Å². The number of hydrogen-bond donors (Lipinski definition) is 2. The Bertz CT molecular complexity index is 489. The first kappa shape index (κ1) is 17.5. The van der Waals surface area contributed by atoms with Gasteiger partial charge in [-0.1, -0.05) is 0 Å². The van der Waals surface area contributed by atoms with Gasteiger partial charge in [0.25, 0.3) is 0 Å². The third-order valence-electron chi connectivity index (χ3n) is 3.61. The summed E-state index contributed by atoms with van der Waals surface area (Å²) in [5.74, 6) is 2.23. The van der Waals surface area contributed by atoms with Crippen LogP contribution >= 0.6 is 0 Å².